The molecule has 4 nitrogen and oxygen atoms in total. The van der Waals surface area contributed by atoms with Gasteiger partial charge in [0.25, 0.3) is 0 Å². The molecule has 0 radical (unpaired) electrons. The topological polar surface area (TPSA) is 44.1 Å². The third kappa shape index (κ3) is 2.72. The minimum atomic E-state index is -0.783. The van der Waals surface area contributed by atoms with Gasteiger partial charge in [0.15, 0.2) is 5.38 Å². The molecule has 1 aromatic heterocycles. The summed E-state index contributed by atoms with van der Waals surface area (Å²) < 4.78 is 6.71. The number of aromatic nitrogens is 2. The van der Waals surface area contributed by atoms with Crippen molar-refractivity contribution in [2.24, 2.45) is 0 Å². The number of esters is 1. The van der Waals surface area contributed by atoms with E-state index in [1.165, 1.54) is 0 Å². The molecule has 0 bridgehead atoms. The maximum atomic E-state index is 11.4. The number of hydrogen-bond acceptors (Lipinski definition) is 3. The minimum Gasteiger partial charge on any atom is -0.465 e. The lowest BCUT2D eigenvalue weighted by atomic mass is 10.3. The Hall–Kier alpha value is -1.03. The highest BCUT2D eigenvalue weighted by molar-refractivity contribution is 6.29. The third-order valence-corrected chi connectivity index (χ3v) is 2.41. The molecule has 0 aliphatic rings. The molecular weight excluding hydrogens is 216 g/mol. The molecule has 0 saturated heterocycles. The van der Waals surface area contributed by atoms with Crippen LogP contribution in [0.2, 0.25) is 0 Å². The number of nitrogens with zero attached hydrogens (tertiary/aromatic N) is 2. The van der Waals surface area contributed by atoms with Crippen molar-refractivity contribution in [2.75, 3.05) is 6.61 Å². The van der Waals surface area contributed by atoms with E-state index in [4.69, 9.17) is 16.3 Å². The number of ether oxygens (including phenoxy) is 1. The number of imidazole rings is 1. The molecule has 84 valence electrons. The zero-order chi connectivity index (χ0) is 11.4. The summed E-state index contributed by atoms with van der Waals surface area (Å²) in [5, 5.41) is -0.783. The molecule has 0 spiro atoms. The van der Waals surface area contributed by atoms with Gasteiger partial charge in [-0.2, -0.15) is 0 Å². The quantitative estimate of drug-likeness (QED) is 0.589. The van der Waals surface area contributed by atoms with Gasteiger partial charge in [-0.1, -0.05) is 0 Å². The van der Waals surface area contributed by atoms with Crippen molar-refractivity contribution in [1.82, 2.24) is 9.55 Å². The summed E-state index contributed by atoms with van der Waals surface area (Å²) in [5.74, 6) is -0.429. The van der Waals surface area contributed by atoms with Crippen molar-refractivity contribution in [3.05, 3.63) is 18.2 Å². The lowest BCUT2D eigenvalue weighted by Crippen LogP contribution is -2.15. The second-order valence-electron chi connectivity index (χ2n) is 3.43. The van der Waals surface area contributed by atoms with Crippen LogP contribution in [0.1, 0.15) is 37.9 Å². The lowest BCUT2D eigenvalue weighted by molar-refractivity contribution is -0.142. The third-order valence-electron chi connectivity index (χ3n) is 2.01. The molecule has 0 aliphatic heterocycles. The molecule has 0 aromatic carbocycles. The van der Waals surface area contributed by atoms with Crippen LogP contribution in [0.5, 0.6) is 0 Å². The fourth-order valence-electron chi connectivity index (χ4n) is 1.28. The molecular formula is C10H15ClN2O2. The Morgan fingerprint density at radius 1 is 1.67 bits per heavy atom. The summed E-state index contributed by atoms with van der Waals surface area (Å²) in [5.41, 5.74) is 0.671. The highest BCUT2D eigenvalue weighted by Crippen LogP contribution is 2.24. The van der Waals surface area contributed by atoms with Crippen molar-refractivity contribution in [1.29, 1.82) is 0 Å². The highest BCUT2D eigenvalue weighted by Gasteiger charge is 2.23. The molecule has 5 heteroatoms. The van der Waals surface area contributed by atoms with Crippen LogP contribution in [0, 0.1) is 0 Å². The van der Waals surface area contributed by atoms with E-state index in [9.17, 15) is 4.79 Å². The van der Waals surface area contributed by atoms with E-state index in [0.717, 1.165) is 0 Å². The van der Waals surface area contributed by atoms with Crippen molar-refractivity contribution < 1.29 is 9.53 Å². The van der Waals surface area contributed by atoms with Crippen LogP contribution in [-0.4, -0.2) is 22.1 Å². The van der Waals surface area contributed by atoms with Crippen LogP contribution in [0.4, 0.5) is 0 Å². The zero-order valence-corrected chi connectivity index (χ0v) is 9.86. The van der Waals surface area contributed by atoms with Crippen LogP contribution in [0.15, 0.2) is 12.5 Å². The summed E-state index contributed by atoms with van der Waals surface area (Å²) in [6.07, 6.45) is 3.25. The maximum Gasteiger partial charge on any atom is 0.330 e. The van der Waals surface area contributed by atoms with E-state index in [1.54, 1.807) is 19.4 Å². The van der Waals surface area contributed by atoms with Gasteiger partial charge in [-0.25, -0.2) is 4.98 Å². The summed E-state index contributed by atoms with van der Waals surface area (Å²) in [7, 11) is 0. The van der Waals surface area contributed by atoms with Gasteiger partial charge in [0.2, 0.25) is 0 Å². The van der Waals surface area contributed by atoms with Gasteiger partial charge in [-0.05, 0) is 20.8 Å². The summed E-state index contributed by atoms with van der Waals surface area (Å²) in [6, 6.07) is 0.221. The van der Waals surface area contributed by atoms with Crippen molar-refractivity contribution in [3.8, 4) is 0 Å². The van der Waals surface area contributed by atoms with Crippen LogP contribution in [0.3, 0.4) is 0 Å². The predicted molar refractivity (Wildman–Crippen MR) is 57.8 cm³/mol. The Bertz CT molecular complexity index is 336. The van der Waals surface area contributed by atoms with Gasteiger partial charge in [-0.15, -0.1) is 11.6 Å². The molecule has 1 unspecified atom stereocenters. The minimum absolute atomic E-state index is 0.221. The Balaban J connectivity index is 2.85. The van der Waals surface area contributed by atoms with E-state index in [0.29, 0.717) is 12.3 Å². The summed E-state index contributed by atoms with van der Waals surface area (Å²) in [6.45, 7) is 6.08. The maximum absolute atomic E-state index is 11.4. The number of carbonyl (C=O) groups excluding carboxylic acids is 1. The monoisotopic (exact) mass is 230 g/mol. The fourth-order valence-corrected chi connectivity index (χ4v) is 1.51. The standard InChI is InChI=1S/C10H15ClN2O2/c1-4-15-10(14)9(11)8-5-12-6-13(8)7(2)3/h5-7,9H,4H2,1-3H3. The van der Waals surface area contributed by atoms with Gasteiger partial charge < -0.3 is 9.30 Å². The number of carbonyl (C=O) groups is 1. The second-order valence-corrected chi connectivity index (χ2v) is 3.87. The molecule has 0 N–H and O–H groups in total. The van der Waals surface area contributed by atoms with E-state index in [1.807, 2.05) is 18.4 Å². The average molecular weight is 231 g/mol. The smallest absolute Gasteiger partial charge is 0.330 e. The number of halogens is 1. The SMILES string of the molecule is CCOC(=O)C(Cl)c1cncn1C(C)C. The van der Waals surface area contributed by atoms with E-state index >= 15 is 0 Å². The first-order valence-corrected chi connectivity index (χ1v) is 5.34. The predicted octanol–water partition coefficient (Wildman–Crippen LogP) is 2.31. The number of rotatable bonds is 4. The van der Waals surface area contributed by atoms with Gasteiger partial charge in [0.1, 0.15) is 0 Å². The molecule has 15 heavy (non-hydrogen) atoms. The normalized spacial score (nSPS) is 12.9. The Kier molecular flexibility index (Phi) is 4.15. The Morgan fingerprint density at radius 3 is 2.87 bits per heavy atom. The largest absolute Gasteiger partial charge is 0.465 e. The molecule has 1 rings (SSSR count). The van der Waals surface area contributed by atoms with Gasteiger partial charge in [0, 0.05) is 6.04 Å². The van der Waals surface area contributed by atoms with Crippen LogP contribution in [-0.2, 0) is 9.53 Å². The molecule has 1 atom stereocenters. The molecule has 0 aliphatic carbocycles. The van der Waals surface area contributed by atoms with Crippen LogP contribution >= 0.6 is 11.6 Å². The number of hydrogen-bond donors (Lipinski definition) is 0. The fraction of sp³-hybridized carbons (Fsp3) is 0.600. The lowest BCUT2D eigenvalue weighted by Gasteiger charge is -2.14. The van der Waals surface area contributed by atoms with Gasteiger partial charge >= 0.3 is 5.97 Å². The highest BCUT2D eigenvalue weighted by atomic mass is 35.5. The van der Waals surface area contributed by atoms with E-state index < -0.39 is 11.3 Å². The number of alkyl halides is 1. The molecule has 0 fully saturated rings. The molecule has 1 heterocycles. The van der Waals surface area contributed by atoms with Crippen LogP contribution < -0.4 is 0 Å². The second kappa shape index (κ2) is 5.16. The first-order valence-electron chi connectivity index (χ1n) is 4.90. The van der Waals surface area contributed by atoms with E-state index in [2.05, 4.69) is 4.98 Å². The van der Waals surface area contributed by atoms with Crippen molar-refractivity contribution >= 4 is 17.6 Å². The first kappa shape index (κ1) is 12.0. The van der Waals surface area contributed by atoms with Crippen LogP contribution in [0.25, 0.3) is 0 Å². The van der Waals surface area contributed by atoms with Gasteiger partial charge in [0.05, 0.1) is 24.8 Å². The Morgan fingerprint density at radius 2 is 2.33 bits per heavy atom. The summed E-state index contributed by atoms with van der Waals surface area (Å²) >= 11 is 5.99. The van der Waals surface area contributed by atoms with E-state index in [-0.39, 0.29) is 6.04 Å². The molecule has 0 saturated carbocycles. The average Bonchev–Trinajstić information content (AvgIpc) is 2.65. The molecule has 1 aromatic rings. The summed E-state index contributed by atoms with van der Waals surface area (Å²) in [4.78, 5) is 15.4. The zero-order valence-electron chi connectivity index (χ0n) is 9.11. The van der Waals surface area contributed by atoms with Crippen molar-refractivity contribution in [3.63, 3.8) is 0 Å². The van der Waals surface area contributed by atoms with Crippen molar-refractivity contribution in [2.45, 2.75) is 32.2 Å². The first-order chi connectivity index (χ1) is 7.07. The Labute approximate surface area is 94.2 Å². The van der Waals surface area contributed by atoms with Gasteiger partial charge in [-0.3, -0.25) is 4.79 Å². The molecule has 0 amide bonds.